The summed E-state index contributed by atoms with van der Waals surface area (Å²) in [5.41, 5.74) is 5.83. The second-order valence-electron chi connectivity index (χ2n) is 4.04. The summed E-state index contributed by atoms with van der Waals surface area (Å²) in [5.74, 6) is -0.144. The van der Waals surface area contributed by atoms with E-state index in [0.717, 1.165) is 0 Å². The van der Waals surface area contributed by atoms with Crippen molar-refractivity contribution in [3.63, 3.8) is 0 Å². The van der Waals surface area contributed by atoms with E-state index in [-0.39, 0.29) is 34.4 Å². The fourth-order valence-electron chi connectivity index (χ4n) is 1.46. The first-order chi connectivity index (χ1) is 9.22. The second-order valence-corrected chi connectivity index (χ2v) is 8.25. The number of nitrogens with one attached hydrogen (secondary N) is 1. The van der Waals surface area contributed by atoms with E-state index in [1.807, 2.05) is 0 Å². The van der Waals surface area contributed by atoms with Crippen LogP contribution in [0.25, 0.3) is 0 Å². The molecule has 1 rings (SSSR count). The summed E-state index contributed by atoms with van der Waals surface area (Å²) in [6.07, 6.45) is 0. The van der Waals surface area contributed by atoms with Gasteiger partial charge in [-0.15, -0.1) is 0 Å². The molecular formula is C11H18N2O5S2. The predicted octanol–water partition coefficient (Wildman–Crippen LogP) is -0.00960. The predicted molar refractivity (Wildman–Crippen MR) is 76.9 cm³/mol. The normalized spacial score (nSPS) is 12.3. The van der Waals surface area contributed by atoms with Gasteiger partial charge in [-0.05, 0) is 18.2 Å². The van der Waals surface area contributed by atoms with Crippen molar-refractivity contribution >= 4 is 25.5 Å². The molecule has 0 aliphatic rings. The fourth-order valence-corrected chi connectivity index (χ4v) is 3.52. The Bertz CT molecular complexity index is 668. The Kier molecular flexibility index (Phi) is 5.37. The highest BCUT2D eigenvalue weighted by molar-refractivity contribution is 7.91. The lowest BCUT2D eigenvalue weighted by Gasteiger charge is -2.11. The quantitative estimate of drug-likeness (QED) is 0.682. The molecular weight excluding hydrogens is 304 g/mol. The number of hydrogen-bond donors (Lipinski definition) is 2. The minimum absolute atomic E-state index is 0.0314. The molecule has 0 aliphatic carbocycles. The first-order valence-corrected chi connectivity index (χ1v) is 9.16. The number of sulfonamides is 1. The van der Waals surface area contributed by atoms with Crippen LogP contribution in [-0.4, -0.2) is 42.0 Å². The van der Waals surface area contributed by atoms with Gasteiger partial charge in [0.2, 0.25) is 10.0 Å². The van der Waals surface area contributed by atoms with Gasteiger partial charge in [-0.2, -0.15) is 0 Å². The minimum atomic E-state index is -3.88. The van der Waals surface area contributed by atoms with Gasteiger partial charge in [0.25, 0.3) is 0 Å². The van der Waals surface area contributed by atoms with Gasteiger partial charge in [0.15, 0.2) is 9.84 Å². The van der Waals surface area contributed by atoms with Crippen molar-refractivity contribution in [2.24, 2.45) is 0 Å². The number of rotatable bonds is 7. The summed E-state index contributed by atoms with van der Waals surface area (Å²) in [5, 5.41) is 0. The first-order valence-electron chi connectivity index (χ1n) is 5.85. The molecule has 0 unspecified atom stereocenters. The van der Waals surface area contributed by atoms with Crippen LogP contribution < -0.4 is 15.2 Å². The van der Waals surface area contributed by atoms with Gasteiger partial charge in [-0.1, -0.05) is 6.92 Å². The molecule has 0 radical (unpaired) electrons. The maximum Gasteiger partial charge on any atom is 0.244 e. The molecule has 0 amide bonds. The van der Waals surface area contributed by atoms with E-state index in [4.69, 9.17) is 10.5 Å². The molecule has 0 fully saturated rings. The van der Waals surface area contributed by atoms with E-state index in [2.05, 4.69) is 4.72 Å². The van der Waals surface area contributed by atoms with E-state index < -0.39 is 19.9 Å². The molecule has 0 saturated heterocycles. The number of benzene rings is 1. The Labute approximate surface area is 119 Å². The van der Waals surface area contributed by atoms with Crippen LogP contribution in [0.4, 0.5) is 5.69 Å². The Morgan fingerprint density at radius 1 is 1.25 bits per heavy atom. The lowest BCUT2D eigenvalue weighted by Crippen LogP contribution is -2.30. The van der Waals surface area contributed by atoms with Crippen molar-refractivity contribution in [1.29, 1.82) is 0 Å². The van der Waals surface area contributed by atoms with Gasteiger partial charge in [-0.25, -0.2) is 21.6 Å². The van der Waals surface area contributed by atoms with Crippen molar-refractivity contribution in [2.45, 2.75) is 11.8 Å². The first kappa shape index (κ1) is 16.7. The Morgan fingerprint density at radius 2 is 1.90 bits per heavy atom. The largest absolute Gasteiger partial charge is 0.495 e. The molecule has 0 aliphatic heterocycles. The smallest absolute Gasteiger partial charge is 0.244 e. The van der Waals surface area contributed by atoms with Crippen LogP contribution in [0.5, 0.6) is 5.75 Å². The molecule has 9 heteroatoms. The number of ether oxygens (including phenoxy) is 1. The number of methoxy groups -OCH3 is 1. The highest BCUT2D eigenvalue weighted by atomic mass is 32.2. The number of nitrogen functional groups attached to an aromatic ring is 1. The number of nitrogens with two attached hydrogens (primary N) is 1. The molecule has 0 spiro atoms. The topological polar surface area (TPSA) is 116 Å². The maximum atomic E-state index is 12.1. The van der Waals surface area contributed by atoms with Crippen molar-refractivity contribution in [3.8, 4) is 5.75 Å². The monoisotopic (exact) mass is 322 g/mol. The molecule has 0 bridgehead atoms. The zero-order chi connectivity index (χ0) is 15.4. The molecule has 1 aromatic rings. The van der Waals surface area contributed by atoms with Crippen molar-refractivity contribution < 1.29 is 21.6 Å². The Morgan fingerprint density at radius 3 is 2.45 bits per heavy atom. The minimum Gasteiger partial charge on any atom is -0.495 e. The molecule has 3 N–H and O–H groups in total. The molecule has 20 heavy (non-hydrogen) atoms. The standard InChI is InChI=1S/C11H18N2O5S2/c1-3-19(14,15)7-6-13-20(16,17)11-8-9(12)4-5-10(11)18-2/h4-5,8,13H,3,6-7,12H2,1-2H3. The van der Waals surface area contributed by atoms with Crippen molar-refractivity contribution in [1.82, 2.24) is 4.72 Å². The lowest BCUT2D eigenvalue weighted by atomic mass is 10.3. The van der Waals surface area contributed by atoms with Crippen LogP contribution in [-0.2, 0) is 19.9 Å². The summed E-state index contributed by atoms with van der Waals surface area (Å²) in [6, 6.07) is 4.21. The van der Waals surface area contributed by atoms with Crippen LogP contribution in [0.2, 0.25) is 0 Å². The van der Waals surface area contributed by atoms with E-state index in [1.54, 1.807) is 0 Å². The van der Waals surface area contributed by atoms with Gasteiger partial charge in [0.1, 0.15) is 10.6 Å². The van der Waals surface area contributed by atoms with Crippen LogP contribution >= 0.6 is 0 Å². The number of hydrogen-bond acceptors (Lipinski definition) is 6. The van der Waals surface area contributed by atoms with E-state index in [0.29, 0.717) is 0 Å². The molecule has 0 saturated carbocycles. The van der Waals surface area contributed by atoms with E-state index in [9.17, 15) is 16.8 Å². The summed E-state index contributed by atoms with van der Waals surface area (Å²) in [4.78, 5) is -0.117. The van der Waals surface area contributed by atoms with Crippen molar-refractivity contribution in [3.05, 3.63) is 18.2 Å². The molecule has 0 heterocycles. The average Bonchev–Trinajstić information content (AvgIpc) is 2.38. The van der Waals surface area contributed by atoms with E-state index >= 15 is 0 Å². The average molecular weight is 322 g/mol. The van der Waals surface area contributed by atoms with Gasteiger partial charge in [-0.3, -0.25) is 0 Å². The van der Waals surface area contributed by atoms with Crippen LogP contribution in [0.3, 0.4) is 0 Å². The Balaban J connectivity index is 2.92. The summed E-state index contributed by atoms with van der Waals surface area (Å²) < 4.78 is 54.0. The highest BCUT2D eigenvalue weighted by Gasteiger charge is 2.20. The van der Waals surface area contributed by atoms with Crippen molar-refractivity contribution in [2.75, 3.05) is 30.9 Å². The second kappa shape index (κ2) is 6.42. The third kappa shape index (κ3) is 4.36. The lowest BCUT2D eigenvalue weighted by molar-refractivity contribution is 0.402. The summed E-state index contributed by atoms with van der Waals surface area (Å²) in [7, 11) is -5.77. The van der Waals surface area contributed by atoms with Gasteiger partial charge in [0, 0.05) is 18.0 Å². The SMILES string of the molecule is CCS(=O)(=O)CCNS(=O)(=O)c1cc(N)ccc1OC. The molecule has 0 aromatic heterocycles. The van der Waals surface area contributed by atoms with Gasteiger partial charge >= 0.3 is 0 Å². The van der Waals surface area contributed by atoms with E-state index in [1.165, 1.54) is 32.2 Å². The Hall–Kier alpha value is -1.32. The van der Waals surface area contributed by atoms with Gasteiger partial charge in [0.05, 0.1) is 12.9 Å². The van der Waals surface area contributed by atoms with Crippen LogP contribution in [0.1, 0.15) is 6.92 Å². The summed E-state index contributed by atoms with van der Waals surface area (Å²) in [6.45, 7) is 1.31. The zero-order valence-corrected chi connectivity index (χ0v) is 12.9. The fraction of sp³-hybridized carbons (Fsp3) is 0.455. The molecule has 1 aromatic carbocycles. The molecule has 114 valence electrons. The highest BCUT2D eigenvalue weighted by Crippen LogP contribution is 2.25. The number of anilines is 1. The third-order valence-corrected chi connectivity index (χ3v) is 5.81. The molecule has 0 atom stereocenters. The van der Waals surface area contributed by atoms with Gasteiger partial charge < -0.3 is 10.5 Å². The summed E-state index contributed by atoms with van der Waals surface area (Å²) >= 11 is 0. The van der Waals surface area contributed by atoms with Crippen LogP contribution in [0.15, 0.2) is 23.1 Å². The molecule has 7 nitrogen and oxygen atoms in total. The third-order valence-electron chi connectivity index (χ3n) is 2.62. The maximum absolute atomic E-state index is 12.1. The zero-order valence-electron chi connectivity index (χ0n) is 11.3. The van der Waals surface area contributed by atoms with Crippen LogP contribution in [0, 0.1) is 0 Å². The number of sulfone groups is 1.